The molecule has 0 saturated carbocycles. The van der Waals surface area contributed by atoms with E-state index in [-0.39, 0.29) is 0 Å². The van der Waals surface area contributed by atoms with Crippen LogP contribution in [0.5, 0.6) is 0 Å². The molecule has 0 fully saturated rings. The zero-order valence-corrected chi connectivity index (χ0v) is 12.3. The number of nitrogens with two attached hydrogens (primary N) is 1. The quantitative estimate of drug-likeness (QED) is 0.778. The van der Waals surface area contributed by atoms with Crippen LogP contribution in [0.1, 0.15) is 5.56 Å². The molecule has 0 spiro atoms. The van der Waals surface area contributed by atoms with Crippen molar-refractivity contribution in [2.24, 2.45) is 0 Å². The highest BCUT2D eigenvalue weighted by atomic mass is 79.9. The summed E-state index contributed by atoms with van der Waals surface area (Å²) in [6, 6.07) is 7.70. The lowest BCUT2D eigenvalue weighted by atomic mass is 10.1. The molecule has 2 aromatic heterocycles. The normalized spacial score (nSPS) is 10.7. The van der Waals surface area contributed by atoms with Crippen molar-refractivity contribution in [2.45, 2.75) is 6.92 Å². The van der Waals surface area contributed by atoms with Gasteiger partial charge in [0.1, 0.15) is 0 Å². The second kappa shape index (κ2) is 5.05. The molecule has 0 amide bonds. The number of pyridine rings is 1. The summed E-state index contributed by atoms with van der Waals surface area (Å²) in [6.07, 6.45) is 3.20. The van der Waals surface area contributed by atoms with E-state index in [4.69, 9.17) is 10.3 Å². The molecule has 2 N–H and O–H groups in total. The summed E-state index contributed by atoms with van der Waals surface area (Å²) in [6.45, 7) is 2.02. The van der Waals surface area contributed by atoms with E-state index in [0.717, 1.165) is 15.6 Å². The van der Waals surface area contributed by atoms with Gasteiger partial charge in [0, 0.05) is 22.4 Å². The number of hydrogen-bond donors (Lipinski definition) is 1. The molecule has 0 aliphatic heterocycles. The molecule has 20 heavy (non-hydrogen) atoms. The van der Waals surface area contributed by atoms with Gasteiger partial charge in [0.25, 0.3) is 5.89 Å². The maximum Gasteiger partial charge on any atom is 0.259 e. The third kappa shape index (κ3) is 2.42. The van der Waals surface area contributed by atoms with E-state index in [1.807, 2.05) is 25.1 Å². The zero-order valence-electron chi connectivity index (χ0n) is 10.7. The average molecular weight is 331 g/mol. The van der Waals surface area contributed by atoms with Gasteiger partial charge in [-0.25, -0.2) is 0 Å². The van der Waals surface area contributed by atoms with Crippen molar-refractivity contribution in [2.75, 3.05) is 5.73 Å². The molecule has 0 unspecified atom stereocenters. The van der Waals surface area contributed by atoms with Crippen LogP contribution < -0.4 is 5.73 Å². The lowest BCUT2D eigenvalue weighted by Crippen LogP contribution is -1.88. The van der Waals surface area contributed by atoms with Gasteiger partial charge in [-0.2, -0.15) is 4.98 Å². The summed E-state index contributed by atoms with van der Waals surface area (Å²) in [7, 11) is 0. The molecule has 2 heterocycles. The highest BCUT2D eigenvalue weighted by molar-refractivity contribution is 9.10. The fourth-order valence-corrected chi connectivity index (χ4v) is 2.50. The second-order valence-electron chi connectivity index (χ2n) is 4.41. The van der Waals surface area contributed by atoms with E-state index in [2.05, 4.69) is 31.1 Å². The van der Waals surface area contributed by atoms with E-state index >= 15 is 0 Å². The second-order valence-corrected chi connectivity index (χ2v) is 5.27. The van der Waals surface area contributed by atoms with Crippen LogP contribution in [0.2, 0.25) is 0 Å². The number of rotatable bonds is 2. The Labute approximate surface area is 124 Å². The topological polar surface area (TPSA) is 77.8 Å². The molecule has 6 heteroatoms. The van der Waals surface area contributed by atoms with Crippen molar-refractivity contribution in [1.29, 1.82) is 0 Å². The highest BCUT2D eigenvalue weighted by Crippen LogP contribution is 2.29. The van der Waals surface area contributed by atoms with Gasteiger partial charge in [0.15, 0.2) is 0 Å². The first-order chi connectivity index (χ1) is 9.63. The van der Waals surface area contributed by atoms with Crippen LogP contribution in [0, 0.1) is 6.92 Å². The summed E-state index contributed by atoms with van der Waals surface area (Å²) < 4.78 is 6.19. The van der Waals surface area contributed by atoms with E-state index in [0.29, 0.717) is 23.0 Å². The van der Waals surface area contributed by atoms with Gasteiger partial charge in [-0.15, -0.1) is 0 Å². The third-order valence-corrected chi connectivity index (χ3v) is 3.45. The van der Waals surface area contributed by atoms with E-state index in [1.165, 1.54) is 0 Å². The van der Waals surface area contributed by atoms with E-state index in [9.17, 15) is 0 Å². The number of anilines is 1. The minimum Gasteiger partial charge on any atom is -0.397 e. The van der Waals surface area contributed by atoms with Gasteiger partial charge in [0.05, 0.1) is 11.3 Å². The number of nitrogens with zero attached hydrogens (tertiary/aromatic N) is 3. The van der Waals surface area contributed by atoms with Crippen LogP contribution in [-0.2, 0) is 0 Å². The molecule has 100 valence electrons. The molecule has 5 nitrogen and oxygen atoms in total. The standard InChI is InChI=1S/C14H11BrN4O/c1-8-2-3-11(12(15)4-8)13-18-14(20-19-13)9-5-10(16)7-17-6-9/h2-7H,16H2,1H3. The van der Waals surface area contributed by atoms with Crippen molar-refractivity contribution < 1.29 is 4.52 Å². The number of nitrogen functional groups attached to an aromatic ring is 1. The minimum absolute atomic E-state index is 0.396. The summed E-state index contributed by atoms with van der Waals surface area (Å²) in [5, 5.41) is 4.00. The van der Waals surface area contributed by atoms with Gasteiger partial charge in [-0.3, -0.25) is 4.98 Å². The molecule has 0 aliphatic rings. The first kappa shape index (κ1) is 12.8. The Bertz CT molecular complexity index is 769. The van der Waals surface area contributed by atoms with Crippen molar-refractivity contribution in [3.8, 4) is 22.8 Å². The van der Waals surface area contributed by atoms with Gasteiger partial charge in [0.2, 0.25) is 5.82 Å². The Balaban J connectivity index is 2.02. The Morgan fingerprint density at radius 1 is 1.20 bits per heavy atom. The van der Waals surface area contributed by atoms with Gasteiger partial charge >= 0.3 is 0 Å². The first-order valence-electron chi connectivity index (χ1n) is 5.94. The van der Waals surface area contributed by atoms with Gasteiger partial charge < -0.3 is 10.3 Å². The number of benzene rings is 1. The average Bonchev–Trinajstić information content (AvgIpc) is 2.88. The Kier molecular flexibility index (Phi) is 3.23. The predicted molar refractivity (Wildman–Crippen MR) is 79.8 cm³/mol. The monoisotopic (exact) mass is 330 g/mol. The molecular formula is C14H11BrN4O. The third-order valence-electron chi connectivity index (χ3n) is 2.80. The Morgan fingerprint density at radius 2 is 2.05 bits per heavy atom. The molecule has 0 atom stereocenters. The number of hydrogen-bond acceptors (Lipinski definition) is 5. The fourth-order valence-electron chi connectivity index (χ4n) is 1.83. The van der Waals surface area contributed by atoms with E-state index < -0.39 is 0 Å². The van der Waals surface area contributed by atoms with Crippen molar-refractivity contribution >= 4 is 21.6 Å². The predicted octanol–water partition coefficient (Wildman–Crippen LogP) is 3.45. The smallest absolute Gasteiger partial charge is 0.259 e. The summed E-state index contributed by atoms with van der Waals surface area (Å²) in [5.41, 5.74) is 8.98. The van der Waals surface area contributed by atoms with Crippen LogP contribution in [0.4, 0.5) is 5.69 Å². The number of aromatic nitrogens is 3. The molecule has 0 saturated heterocycles. The Hall–Kier alpha value is -2.21. The Morgan fingerprint density at radius 3 is 2.80 bits per heavy atom. The lowest BCUT2D eigenvalue weighted by molar-refractivity contribution is 0.432. The summed E-state index contributed by atoms with van der Waals surface area (Å²) in [4.78, 5) is 8.39. The fraction of sp³-hybridized carbons (Fsp3) is 0.0714. The molecule has 3 rings (SSSR count). The van der Waals surface area contributed by atoms with Crippen LogP contribution >= 0.6 is 15.9 Å². The highest BCUT2D eigenvalue weighted by Gasteiger charge is 2.13. The van der Waals surface area contributed by atoms with Crippen molar-refractivity contribution in [1.82, 2.24) is 15.1 Å². The van der Waals surface area contributed by atoms with E-state index in [1.54, 1.807) is 18.5 Å². The van der Waals surface area contributed by atoms with Crippen molar-refractivity contribution in [3.63, 3.8) is 0 Å². The van der Waals surface area contributed by atoms with Crippen molar-refractivity contribution in [3.05, 3.63) is 46.7 Å². The summed E-state index contributed by atoms with van der Waals surface area (Å²) >= 11 is 3.51. The van der Waals surface area contributed by atoms with Crippen LogP contribution in [0.15, 0.2) is 45.7 Å². The van der Waals surface area contributed by atoms with Gasteiger partial charge in [-0.1, -0.05) is 27.2 Å². The SMILES string of the molecule is Cc1ccc(-c2noc(-c3cncc(N)c3)n2)c(Br)c1. The largest absolute Gasteiger partial charge is 0.397 e. The number of aryl methyl sites for hydroxylation is 1. The van der Waals surface area contributed by atoms with Crippen LogP contribution in [-0.4, -0.2) is 15.1 Å². The number of halogens is 1. The molecule has 3 aromatic rings. The molecule has 0 bridgehead atoms. The summed E-state index contributed by atoms with van der Waals surface area (Å²) in [5.74, 6) is 0.918. The lowest BCUT2D eigenvalue weighted by Gasteiger charge is -1.99. The van der Waals surface area contributed by atoms with Crippen LogP contribution in [0.3, 0.4) is 0 Å². The maximum atomic E-state index is 5.69. The first-order valence-corrected chi connectivity index (χ1v) is 6.74. The molecule has 1 aromatic carbocycles. The van der Waals surface area contributed by atoms with Gasteiger partial charge in [-0.05, 0) is 30.7 Å². The maximum absolute atomic E-state index is 5.69. The zero-order chi connectivity index (χ0) is 14.1. The molecule has 0 aliphatic carbocycles. The minimum atomic E-state index is 0.396. The van der Waals surface area contributed by atoms with Crippen LogP contribution in [0.25, 0.3) is 22.8 Å². The molecule has 0 radical (unpaired) electrons. The molecular weight excluding hydrogens is 320 g/mol.